The monoisotopic (exact) mass is 510 g/mol. The van der Waals surface area contributed by atoms with Crippen molar-refractivity contribution in [2.75, 3.05) is 12.4 Å². The number of nitro groups is 1. The van der Waals surface area contributed by atoms with Crippen molar-refractivity contribution in [3.8, 4) is 5.75 Å². The number of anilines is 1. The lowest BCUT2D eigenvalue weighted by atomic mass is 10.1. The summed E-state index contributed by atoms with van der Waals surface area (Å²) in [7, 11) is 1.56. The van der Waals surface area contributed by atoms with Gasteiger partial charge in [-0.25, -0.2) is 4.79 Å². The van der Waals surface area contributed by atoms with Crippen molar-refractivity contribution in [3.05, 3.63) is 105 Å². The first-order valence-corrected chi connectivity index (χ1v) is 10.5. The number of ether oxygens (including phenoxy) is 2. The van der Waals surface area contributed by atoms with Crippen molar-refractivity contribution in [3.63, 3.8) is 0 Å². The molecule has 0 fully saturated rings. The van der Waals surface area contributed by atoms with Crippen LogP contribution in [-0.4, -0.2) is 23.9 Å². The van der Waals surface area contributed by atoms with Crippen molar-refractivity contribution in [1.82, 2.24) is 0 Å². The van der Waals surface area contributed by atoms with Gasteiger partial charge in [-0.2, -0.15) is 0 Å². The second kappa shape index (κ2) is 11.1. The van der Waals surface area contributed by atoms with Gasteiger partial charge < -0.3 is 14.8 Å². The fraction of sp³-hybridized carbons (Fsp3) is 0.0833. The second-order valence-corrected chi connectivity index (χ2v) is 7.60. The Morgan fingerprint density at radius 3 is 2.36 bits per heavy atom. The number of hydrogen-bond donors (Lipinski definition) is 1. The van der Waals surface area contributed by atoms with Gasteiger partial charge in [0.1, 0.15) is 5.75 Å². The maximum absolute atomic E-state index is 13.0. The molecular weight excluding hydrogens is 492 g/mol. The molecule has 1 amide bonds. The zero-order chi connectivity index (χ0) is 23.8. The van der Waals surface area contributed by atoms with E-state index in [1.54, 1.807) is 67.8 Å². The van der Waals surface area contributed by atoms with Gasteiger partial charge in [-0.05, 0) is 45.8 Å². The topological polar surface area (TPSA) is 108 Å². The fourth-order valence-electron chi connectivity index (χ4n) is 2.85. The van der Waals surface area contributed by atoms with Crippen LogP contribution in [0.25, 0.3) is 6.08 Å². The number of benzene rings is 3. The molecule has 0 saturated heterocycles. The zero-order valence-corrected chi connectivity index (χ0v) is 19.0. The van der Waals surface area contributed by atoms with Crippen LogP contribution in [-0.2, 0) is 14.3 Å². The molecule has 0 aliphatic carbocycles. The highest BCUT2D eigenvalue weighted by Gasteiger charge is 2.25. The van der Waals surface area contributed by atoms with Crippen LogP contribution in [0.1, 0.15) is 17.2 Å². The maximum Gasteiger partial charge on any atom is 0.331 e. The molecule has 168 valence electrons. The SMILES string of the molecule is COc1ccc(C=CC(=O)OC(C(=O)Nc2ccc([N+](=O)[O-])cc2Br)c2ccccc2)cc1. The van der Waals surface area contributed by atoms with Crippen LogP contribution in [0.4, 0.5) is 11.4 Å². The van der Waals surface area contributed by atoms with Crippen LogP contribution in [0.2, 0.25) is 0 Å². The van der Waals surface area contributed by atoms with E-state index in [1.807, 2.05) is 0 Å². The summed E-state index contributed by atoms with van der Waals surface area (Å²) >= 11 is 3.21. The Bertz CT molecular complexity index is 1180. The van der Waals surface area contributed by atoms with E-state index in [9.17, 15) is 19.7 Å². The van der Waals surface area contributed by atoms with E-state index in [1.165, 1.54) is 24.3 Å². The number of hydrogen-bond acceptors (Lipinski definition) is 6. The molecule has 0 aliphatic heterocycles. The number of rotatable bonds is 8. The van der Waals surface area contributed by atoms with Crippen molar-refractivity contribution in [2.45, 2.75) is 6.10 Å². The Morgan fingerprint density at radius 1 is 1.06 bits per heavy atom. The van der Waals surface area contributed by atoms with Crippen molar-refractivity contribution in [1.29, 1.82) is 0 Å². The van der Waals surface area contributed by atoms with E-state index in [4.69, 9.17) is 9.47 Å². The highest BCUT2D eigenvalue weighted by atomic mass is 79.9. The van der Waals surface area contributed by atoms with Crippen molar-refractivity contribution >= 4 is 45.3 Å². The van der Waals surface area contributed by atoms with Gasteiger partial charge in [-0.1, -0.05) is 42.5 Å². The standard InChI is InChI=1S/C24H19BrN2O6/c1-32-19-11-7-16(8-12-19)9-14-22(28)33-23(17-5-3-2-4-6-17)24(29)26-21-13-10-18(27(30)31)15-20(21)25/h2-15,23H,1H3,(H,26,29). The van der Waals surface area contributed by atoms with E-state index in [2.05, 4.69) is 21.2 Å². The summed E-state index contributed by atoms with van der Waals surface area (Å²) in [6.07, 6.45) is 1.56. The van der Waals surface area contributed by atoms with E-state index in [0.29, 0.717) is 21.5 Å². The Labute approximate surface area is 198 Å². The number of amides is 1. The van der Waals surface area contributed by atoms with Gasteiger partial charge in [0.25, 0.3) is 11.6 Å². The van der Waals surface area contributed by atoms with E-state index >= 15 is 0 Å². The van der Waals surface area contributed by atoms with Crippen LogP contribution in [0, 0.1) is 10.1 Å². The molecule has 0 radical (unpaired) electrons. The predicted octanol–water partition coefficient (Wildman–Crippen LogP) is 5.30. The number of non-ortho nitro benzene ring substituents is 1. The third-order valence-electron chi connectivity index (χ3n) is 4.52. The lowest BCUT2D eigenvalue weighted by Crippen LogP contribution is -2.25. The number of nitrogens with one attached hydrogen (secondary N) is 1. The lowest BCUT2D eigenvalue weighted by molar-refractivity contribution is -0.384. The molecule has 1 atom stereocenters. The number of nitrogens with zero attached hydrogens (tertiary/aromatic N) is 1. The van der Waals surface area contributed by atoms with E-state index in [-0.39, 0.29) is 5.69 Å². The van der Waals surface area contributed by atoms with Crippen LogP contribution in [0.3, 0.4) is 0 Å². The van der Waals surface area contributed by atoms with Gasteiger partial charge in [-0.3, -0.25) is 14.9 Å². The number of nitro benzene ring substituents is 1. The molecular formula is C24H19BrN2O6. The predicted molar refractivity (Wildman–Crippen MR) is 127 cm³/mol. The highest BCUT2D eigenvalue weighted by molar-refractivity contribution is 9.10. The average Bonchev–Trinajstić information content (AvgIpc) is 2.83. The summed E-state index contributed by atoms with van der Waals surface area (Å²) in [6.45, 7) is 0. The Kier molecular flexibility index (Phi) is 7.93. The molecule has 0 saturated carbocycles. The first kappa shape index (κ1) is 23.7. The van der Waals surface area contributed by atoms with Gasteiger partial charge >= 0.3 is 5.97 Å². The van der Waals surface area contributed by atoms with Gasteiger partial charge in [0.2, 0.25) is 6.10 Å². The van der Waals surface area contributed by atoms with Crippen LogP contribution >= 0.6 is 15.9 Å². The number of esters is 1. The molecule has 0 aliphatic rings. The fourth-order valence-corrected chi connectivity index (χ4v) is 3.32. The maximum atomic E-state index is 13.0. The van der Waals surface area contributed by atoms with E-state index in [0.717, 1.165) is 5.56 Å². The number of carbonyl (C=O) groups excluding carboxylic acids is 2. The molecule has 0 aromatic heterocycles. The lowest BCUT2D eigenvalue weighted by Gasteiger charge is -2.18. The molecule has 33 heavy (non-hydrogen) atoms. The smallest absolute Gasteiger partial charge is 0.331 e. The summed E-state index contributed by atoms with van der Waals surface area (Å²) in [5.74, 6) is -0.632. The van der Waals surface area contributed by atoms with Crippen molar-refractivity contribution < 1.29 is 24.0 Å². The normalized spacial score (nSPS) is 11.6. The molecule has 1 N–H and O–H groups in total. The van der Waals surface area contributed by atoms with Crippen LogP contribution in [0.5, 0.6) is 5.75 Å². The summed E-state index contributed by atoms with van der Waals surface area (Å²) < 4.78 is 10.9. The van der Waals surface area contributed by atoms with Gasteiger partial charge in [0.15, 0.2) is 0 Å². The van der Waals surface area contributed by atoms with E-state index < -0.39 is 22.9 Å². The number of methoxy groups -OCH3 is 1. The highest BCUT2D eigenvalue weighted by Crippen LogP contribution is 2.29. The summed E-state index contributed by atoms with van der Waals surface area (Å²) in [6, 6.07) is 19.5. The van der Waals surface area contributed by atoms with Gasteiger partial charge in [-0.15, -0.1) is 0 Å². The zero-order valence-electron chi connectivity index (χ0n) is 17.4. The third-order valence-corrected chi connectivity index (χ3v) is 5.18. The largest absolute Gasteiger partial charge is 0.497 e. The summed E-state index contributed by atoms with van der Waals surface area (Å²) in [5, 5.41) is 13.6. The molecule has 3 rings (SSSR count). The first-order valence-electron chi connectivity index (χ1n) is 9.70. The summed E-state index contributed by atoms with van der Waals surface area (Å²) in [4.78, 5) is 35.8. The number of carbonyl (C=O) groups is 2. The minimum Gasteiger partial charge on any atom is -0.497 e. The molecule has 0 heterocycles. The Morgan fingerprint density at radius 2 is 1.76 bits per heavy atom. The van der Waals surface area contributed by atoms with Crippen LogP contribution < -0.4 is 10.1 Å². The minimum atomic E-state index is -1.23. The third kappa shape index (κ3) is 6.50. The average molecular weight is 511 g/mol. The number of halogens is 1. The molecule has 0 bridgehead atoms. The second-order valence-electron chi connectivity index (χ2n) is 6.74. The Balaban J connectivity index is 1.77. The molecule has 3 aromatic rings. The molecule has 3 aromatic carbocycles. The van der Waals surface area contributed by atoms with Crippen molar-refractivity contribution in [2.24, 2.45) is 0 Å². The molecule has 1 unspecified atom stereocenters. The van der Waals surface area contributed by atoms with Gasteiger partial charge in [0.05, 0.1) is 17.7 Å². The summed E-state index contributed by atoms with van der Waals surface area (Å²) in [5.41, 5.74) is 1.40. The quantitative estimate of drug-likeness (QED) is 0.190. The molecule has 8 nitrogen and oxygen atoms in total. The molecule has 9 heteroatoms. The molecule has 0 spiro atoms. The van der Waals surface area contributed by atoms with Crippen LogP contribution in [0.15, 0.2) is 83.3 Å². The van der Waals surface area contributed by atoms with Gasteiger partial charge in [0, 0.05) is 28.2 Å². The minimum absolute atomic E-state index is 0.130. The Hall–Kier alpha value is -3.98. The first-order chi connectivity index (χ1) is 15.9.